The highest BCUT2D eigenvalue weighted by Crippen LogP contribution is 2.45. The highest BCUT2D eigenvalue weighted by molar-refractivity contribution is 6.30. The van der Waals surface area contributed by atoms with Gasteiger partial charge in [-0.1, -0.05) is 6.92 Å². The molecule has 2 aliphatic heterocycles. The van der Waals surface area contributed by atoms with E-state index in [4.69, 9.17) is 4.74 Å². The van der Waals surface area contributed by atoms with Gasteiger partial charge in [0.2, 0.25) is 0 Å². The van der Waals surface area contributed by atoms with Gasteiger partial charge in [0.1, 0.15) is 11.3 Å². The predicted molar refractivity (Wildman–Crippen MR) is 107 cm³/mol. The van der Waals surface area contributed by atoms with Crippen molar-refractivity contribution in [3.63, 3.8) is 0 Å². The first-order valence-corrected chi connectivity index (χ1v) is 9.27. The molecule has 28 heavy (non-hydrogen) atoms. The van der Waals surface area contributed by atoms with Crippen LogP contribution in [0.4, 0.5) is 10.5 Å². The number of rotatable bonds is 2. The molecule has 7 nitrogen and oxygen atoms in total. The largest absolute Gasteiger partial charge is 0.496 e. The lowest BCUT2D eigenvalue weighted by Crippen LogP contribution is -2.52. The molecule has 1 aromatic rings. The third-order valence-corrected chi connectivity index (χ3v) is 5.93. The molecular formula is C21H27N3O4. The summed E-state index contributed by atoms with van der Waals surface area (Å²) in [6.45, 7) is 6.59. The lowest BCUT2D eigenvalue weighted by Gasteiger charge is -2.45. The topological polar surface area (TPSA) is 70.2 Å². The normalized spacial score (nSPS) is 21.8. The van der Waals surface area contributed by atoms with Crippen LogP contribution in [0, 0.1) is 0 Å². The standard InChI is InChI=1S/C21H27N3O4/c1-12-11-21(2,3)24(6)16-10-17(28-7)13(8-14(12)16)9-15-18(25)22(4)20(27)23(5)19(15)26/h8-10,12H,11H2,1-7H3. The SMILES string of the molecule is COc1cc2c(cc1C=C1C(=O)N(C)C(=O)N(C)C1=O)C(C)CC(C)(C)N2C. The Kier molecular flexibility index (Phi) is 4.73. The number of imide groups is 2. The Hall–Kier alpha value is -2.83. The van der Waals surface area contributed by atoms with Crippen molar-refractivity contribution in [1.29, 1.82) is 0 Å². The molecular weight excluding hydrogens is 358 g/mol. The zero-order valence-corrected chi connectivity index (χ0v) is 17.5. The van der Waals surface area contributed by atoms with E-state index in [1.165, 1.54) is 20.2 Å². The van der Waals surface area contributed by atoms with Gasteiger partial charge in [-0.25, -0.2) is 4.79 Å². The lowest BCUT2D eigenvalue weighted by atomic mass is 9.79. The highest BCUT2D eigenvalue weighted by atomic mass is 16.5. The molecule has 1 fully saturated rings. The van der Waals surface area contributed by atoms with Gasteiger partial charge in [0.25, 0.3) is 11.8 Å². The second-order valence-electron chi connectivity index (χ2n) is 8.20. The molecule has 0 spiro atoms. The summed E-state index contributed by atoms with van der Waals surface area (Å²) in [6, 6.07) is 3.30. The summed E-state index contributed by atoms with van der Waals surface area (Å²) in [5.74, 6) is -0.335. The van der Waals surface area contributed by atoms with Crippen molar-refractivity contribution in [2.75, 3.05) is 33.2 Å². The van der Waals surface area contributed by atoms with Gasteiger partial charge in [-0.2, -0.15) is 0 Å². The number of ether oxygens (including phenoxy) is 1. The molecule has 0 N–H and O–H groups in total. The van der Waals surface area contributed by atoms with E-state index in [1.807, 2.05) is 12.1 Å². The van der Waals surface area contributed by atoms with Gasteiger partial charge in [0.05, 0.1) is 7.11 Å². The Morgan fingerprint density at radius 1 is 1.07 bits per heavy atom. The molecule has 150 valence electrons. The van der Waals surface area contributed by atoms with Gasteiger partial charge < -0.3 is 9.64 Å². The zero-order chi connectivity index (χ0) is 21.0. The third-order valence-electron chi connectivity index (χ3n) is 5.93. The van der Waals surface area contributed by atoms with E-state index < -0.39 is 17.8 Å². The first-order chi connectivity index (χ1) is 13.0. The maximum atomic E-state index is 12.5. The summed E-state index contributed by atoms with van der Waals surface area (Å²) in [7, 11) is 6.36. The Morgan fingerprint density at radius 3 is 2.18 bits per heavy atom. The maximum Gasteiger partial charge on any atom is 0.333 e. The van der Waals surface area contributed by atoms with Crippen LogP contribution in [-0.2, 0) is 9.59 Å². The van der Waals surface area contributed by atoms with Crippen molar-refractivity contribution in [3.8, 4) is 5.75 Å². The van der Waals surface area contributed by atoms with Crippen LogP contribution in [0.5, 0.6) is 5.75 Å². The number of hydrogen-bond acceptors (Lipinski definition) is 5. The van der Waals surface area contributed by atoms with Gasteiger partial charge in [-0.3, -0.25) is 19.4 Å². The van der Waals surface area contributed by atoms with E-state index >= 15 is 0 Å². The molecule has 4 amide bonds. The smallest absolute Gasteiger partial charge is 0.333 e. The average Bonchev–Trinajstić information content (AvgIpc) is 2.65. The minimum Gasteiger partial charge on any atom is -0.496 e. The van der Waals surface area contributed by atoms with E-state index in [9.17, 15) is 14.4 Å². The summed E-state index contributed by atoms with van der Waals surface area (Å²) >= 11 is 0. The summed E-state index contributed by atoms with van der Waals surface area (Å²) in [4.78, 5) is 41.1. The summed E-state index contributed by atoms with van der Waals surface area (Å²) in [6.07, 6.45) is 2.51. The van der Waals surface area contributed by atoms with Crippen LogP contribution in [0.1, 0.15) is 44.2 Å². The van der Waals surface area contributed by atoms with Gasteiger partial charge in [0, 0.05) is 44.0 Å². The molecule has 3 rings (SSSR count). The van der Waals surface area contributed by atoms with Crippen molar-refractivity contribution in [3.05, 3.63) is 28.8 Å². The lowest BCUT2D eigenvalue weighted by molar-refractivity contribution is -0.134. The minimum absolute atomic E-state index is 0.0124. The first-order valence-electron chi connectivity index (χ1n) is 9.27. The molecule has 1 aromatic carbocycles. The van der Waals surface area contributed by atoms with Gasteiger partial charge in [-0.05, 0) is 43.9 Å². The number of amides is 4. The number of anilines is 1. The highest BCUT2D eigenvalue weighted by Gasteiger charge is 2.39. The number of urea groups is 1. The van der Waals surface area contributed by atoms with Gasteiger partial charge in [0.15, 0.2) is 0 Å². The van der Waals surface area contributed by atoms with Gasteiger partial charge in [-0.15, -0.1) is 0 Å². The third kappa shape index (κ3) is 2.95. The molecule has 0 aromatic heterocycles. The summed E-state index contributed by atoms with van der Waals surface area (Å²) in [5, 5.41) is 0. The van der Waals surface area contributed by atoms with Crippen LogP contribution in [-0.4, -0.2) is 61.4 Å². The number of hydrogen-bond donors (Lipinski definition) is 0. The summed E-state index contributed by atoms with van der Waals surface area (Å²) < 4.78 is 5.56. The number of nitrogens with zero attached hydrogens (tertiary/aromatic N) is 3. The second-order valence-corrected chi connectivity index (χ2v) is 8.20. The number of barbiturate groups is 1. The van der Waals surface area contributed by atoms with E-state index in [2.05, 4.69) is 32.7 Å². The molecule has 7 heteroatoms. The van der Waals surface area contributed by atoms with E-state index in [0.29, 0.717) is 17.2 Å². The van der Waals surface area contributed by atoms with Crippen LogP contribution >= 0.6 is 0 Å². The molecule has 0 saturated carbocycles. The Labute approximate surface area is 165 Å². The Balaban J connectivity index is 2.15. The number of likely N-dealkylation sites (N-methyl/N-ethyl adjacent to an activating group) is 2. The Morgan fingerprint density at radius 2 is 1.64 bits per heavy atom. The molecule has 1 atom stereocenters. The monoisotopic (exact) mass is 385 g/mol. The van der Waals surface area contributed by atoms with Crippen molar-refractivity contribution >= 4 is 29.6 Å². The molecule has 1 unspecified atom stereocenters. The molecule has 0 aliphatic carbocycles. The van der Waals surface area contributed by atoms with Crippen LogP contribution < -0.4 is 9.64 Å². The fourth-order valence-electron chi connectivity index (χ4n) is 4.03. The van der Waals surface area contributed by atoms with Crippen LogP contribution in [0.3, 0.4) is 0 Å². The maximum absolute atomic E-state index is 12.5. The fourth-order valence-corrected chi connectivity index (χ4v) is 4.03. The second kappa shape index (κ2) is 6.65. The number of methoxy groups -OCH3 is 1. The number of benzene rings is 1. The molecule has 0 bridgehead atoms. The van der Waals surface area contributed by atoms with E-state index in [0.717, 1.165) is 27.5 Å². The number of carbonyl (C=O) groups excluding carboxylic acids is 3. The van der Waals surface area contributed by atoms with Gasteiger partial charge >= 0.3 is 6.03 Å². The van der Waals surface area contributed by atoms with E-state index in [1.54, 1.807) is 7.11 Å². The van der Waals surface area contributed by atoms with Crippen LogP contribution in [0.2, 0.25) is 0 Å². The van der Waals surface area contributed by atoms with Crippen molar-refractivity contribution < 1.29 is 19.1 Å². The molecule has 1 saturated heterocycles. The molecule has 0 radical (unpaired) electrons. The number of fused-ring (bicyclic) bond motifs is 1. The average molecular weight is 385 g/mol. The predicted octanol–water partition coefficient (Wildman–Crippen LogP) is 2.85. The van der Waals surface area contributed by atoms with Crippen molar-refractivity contribution in [1.82, 2.24) is 9.80 Å². The fraction of sp³-hybridized carbons (Fsp3) is 0.476. The Bertz CT molecular complexity index is 877. The van der Waals surface area contributed by atoms with Crippen molar-refractivity contribution in [2.24, 2.45) is 0 Å². The zero-order valence-electron chi connectivity index (χ0n) is 17.5. The quantitative estimate of drug-likeness (QED) is 0.578. The van der Waals surface area contributed by atoms with Crippen molar-refractivity contribution in [2.45, 2.75) is 38.6 Å². The molecule has 2 heterocycles. The first kappa shape index (κ1) is 19.9. The van der Waals surface area contributed by atoms with E-state index in [-0.39, 0.29) is 11.1 Å². The van der Waals surface area contributed by atoms with Crippen LogP contribution in [0.25, 0.3) is 6.08 Å². The van der Waals surface area contributed by atoms with Crippen LogP contribution in [0.15, 0.2) is 17.7 Å². The molecule has 2 aliphatic rings. The number of carbonyl (C=O) groups is 3. The minimum atomic E-state index is -0.637. The summed E-state index contributed by atoms with van der Waals surface area (Å²) in [5.41, 5.74) is 2.82.